The lowest BCUT2D eigenvalue weighted by Crippen LogP contribution is -2.25. The molecule has 0 amide bonds. The molecule has 1 unspecified atom stereocenters. The normalized spacial score (nSPS) is 12.8. The van der Waals surface area contributed by atoms with Gasteiger partial charge in [0.2, 0.25) is 0 Å². The van der Waals surface area contributed by atoms with E-state index in [1.54, 1.807) is 11.3 Å². The maximum atomic E-state index is 4.43. The van der Waals surface area contributed by atoms with Gasteiger partial charge in [0.15, 0.2) is 0 Å². The van der Waals surface area contributed by atoms with E-state index in [9.17, 15) is 0 Å². The molecule has 5 heteroatoms. The molecule has 2 aromatic heterocycles. The van der Waals surface area contributed by atoms with Gasteiger partial charge < -0.3 is 5.32 Å². The Morgan fingerprint density at radius 1 is 1.50 bits per heavy atom. The number of hydrogen-bond acceptors (Lipinski definition) is 4. The summed E-state index contributed by atoms with van der Waals surface area (Å²) >= 11 is 1.65. The Morgan fingerprint density at radius 3 is 2.89 bits per heavy atom. The van der Waals surface area contributed by atoms with Gasteiger partial charge in [0.05, 0.1) is 22.9 Å². The van der Waals surface area contributed by atoms with Crippen LogP contribution in [0.3, 0.4) is 0 Å². The third-order valence-electron chi connectivity index (χ3n) is 2.96. The van der Waals surface area contributed by atoms with Gasteiger partial charge in [-0.25, -0.2) is 4.98 Å². The van der Waals surface area contributed by atoms with Gasteiger partial charge in [-0.3, -0.25) is 4.68 Å². The van der Waals surface area contributed by atoms with E-state index in [0.29, 0.717) is 0 Å². The molecule has 1 N–H and O–H groups in total. The fourth-order valence-electron chi connectivity index (χ4n) is 2.06. The van der Waals surface area contributed by atoms with Crippen molar-refractivity contribution in [1.29, 1.82) is 0 Å². The van der Waals surface area contributed by atoms with Gasteiger partial charge in [-0.05, 0) is 26.0 Å². The molecule has 0 aliphatic rings. The van der Waals surface area contributed by atoms with Crippen molar-refractivity contribution in [3.8, 4) is 0 Å². The van der Waals surface area contributed by atoms with Crippen molar-refractivity contribution < 1.29 is 0 Å². The lowest BCUT2D eigenvalue weighted by molar-refractivity contribution is 0.504. The summed E-state index contributed by atoms with van der Waals surface area (Å²) in [5, 5.41) is 10.1. The molecule has 18 heavy (non-hydrogen) atoms. The van der Waals surface area contributed by atoms with E-state index >= 15 is 0 Å². The van der Waals surface area contributed by atoms with Crippen LogP contribution < -0.4 is 5.32 Å². The van der Waals surface area contributed by atoms with Crippen molar-refractivity contribution in [2.75, 3.05) is 6.54 Å². The van der Waals surface area contributed by atoms with Crippen molar-refractivity contribution in [2.45, 2.75) is 32.7 Å². The smallest absolute Gasteiger partial charge is 0.0795 e. The fraction of sp³-hybridized carbons (Fsp3) is 0.538. The number of thiazole rings is 1. The van der Waals surface area contributed by atoms with Crippen LogP contribution >= 0.6 is 11.3 Å². The monoisotopic (exact) mass is 264 g/mol. The van der Waals surface area contributed by atoms with E-state index < -0.39 is 0 Å². The number of nitrogens with zero attached hydrogens (tertiary/aromatic N) is 3. The molecule has 0 bridgehead atoms. The summed E-state index contributed by atoms with van der Waals surface area (Å²) in [7, 11) is 2.00. The van der Waals surface area contributed by atoms with Gasteiger partial charge in [-0.2, -0.15) is 5.10 Å². The minimum absolute atomic E-state index is 0.283. The van der Waals surface area contributed by atoms with Crippen LogP contribution in [0.25, 0.3) is 0 Å². The summed E-state index contributed by atoms with van der Waals surface area (Å²) in [6.45, 7) is 5.22. The Morgan fingerprint density at radius 2 is 2.33 bits per heavy atom. The predicted octanol–water partition coefficient (Wildman–Crippen LogP) is 2.47. The minimum Gasteiger partial charge on any atom is -0.308 e. The first-order chi connectivity index (χ1) is 8.70. The second kappa shape index (κ2) is 6.11. The molecule has 0 aliphatic heterocycles. The molecule has 0 spiro atoms. The number of aryl methyl sites for hydroxylation is 2. The molecular formula is C13H20N4S. The highest BCUT2D eigenvalue weighted by Crippen LogP contribution is 2.18. The molecule has 0 aromatic carbocycles. The van der Waals surface area contributed by atoms with Gasteiger partial charge in [-0.1, -0.05) is 6.92 Å². The highest BCUT2D eigenvalue weighted by molar-refractivity contribution is 7.07. The summed E-state index contributed by atoms with van der Waals surface area (Å²) < 4.78 is 1.96. The summed E-state index contributed by atoms with van der Waals surface area (Å²) in [5.41, 5.74) is 5.34. The SMILES string of the molecule is CCCNC(Cc1cc(C)nn1C)c1cscn1. The molecule has 2 heterocycles. The lowest BCUT2D eigenvalue weighted by Gasteiger charge is -2.16. The average Bonchev–Trinajstić information content (AvgIpc) is 2.95. The molecule has 2 rings (SSSR count). The molecule has 0 saturated heterocycles. The van der Waals surface area contributed by atoms with Crippen molar-refractivity contribution in [3.63, 3.8) is 0 Å². The summed E-state index contributed by atoms with van der Waals surface area (Å²) in [6, 6.07) is 2.43. The van der Waals surface area contributed by atoms with E-state index in [1.165, 1.54) is 5.69 Å². The lowest BCUT2D eigenvalue weighted by atomic mass is 10.1. The van der Waals surface area contributed by atoms with Crippen molar-refractivity contribution >= 4 is 11.3 Å². The highest BCUT2D eigenvalue weighted by atomic mass is 32.1. The van der Waals surface area contributed by atoms with Crippen molar-refractivity contribution in [2.24, 2.45) is 7.05 Å². The third-order valence-corrected chi connectivity index (χ3v) is 3.57. The maximum Gasteiger partial charge on any atom is 0.0795 e. The molecule has 0 fully saturated rings. The van der Waals surface area contributed by atoms with Gasteiger partial charge in [0.1, 0.15) is 0 Å². The minimum atomic E-state index is 0.283. The standard InChI is InChI=1S/C13H20N4S/c1-4-5-14-12(13-8-18-9-15-13)7-11-6-10(2)16-17(11)3/h6,8-9,12,14H,4-5,7H2,1-3H3. The summed E-state index contributed by atoms with van der Waals surface area (Å²) in [4.78, 5) is 4.43. The molecule has 0 saturated carbocycles. The van der Waals surface area contributed by atoms with Crippen molar-refractivity contribution in [1.82, 2.24) is 20.1 Å². The predicted molar refractivity (Wildman–Crippen MR) is 74.8 cm³/mol. The fourth-order valence-corrected chi connectivity index (χ4v) is 2.67. The zero-order chi connectivity index (χ0) is 13.0. The number of aromatic nitrogens is 3. The van der Waals surface area contributed by atoms with Gasteiger partial charge in [0.25, 0.3) is 0 Å². The van der Waals surface area contributed by atoms with E-state index in [2.05, 4.69) is 33.8 Å². The Labute approximate surface area is 112 Å². The first-order valence-electron chi connectivity index (χ1n) is 6.31. The summed E-state index contributed by atoms with van der Waals surface area (Å²) in [5.74, 6) is 0. The van der Waals surface area contributed by atoms with E-state index in [4.69, 9.17) is 0 Å². The zero-order valence-corrected chi connectivity index (χ0v) is 12.0. The topological polar surface area (TPSA) is 42.7 Å². The van der Waals surface area contributed by atoms with Gasteiger partial charge >= 0.3 is 0 Å². The van der Waals surface area contributed by atoms with Crippen LogP contribution in [0.15, 0.2) is 17.0 Å². The van der Waals surface area contributed by atoms with Gasteiger partial charge in [0, 0.05) is 24.5 Å². The Bertz CT molecular complexity index is 475. The first kappa shape index (κ1) is 13.2. The van der Waals surface area contributed by atoms with Crippen LogP contribution in [0.2, 0.25) is 0 Å². The van der Waals surface area contributed by atoms with E-state index in [0.717, 1.165) is 30.8 Å². The van der Waals surface area contributed by atoms with Crippen LogP contribution in [0.4, 0.5) is 0 Å². The number of hydrogen-bond donors (Lipinski definition) is 1. The largest absolute Gasteiger partial charge is 0.308 e. The first-order valence-corrected chi connectivity index (χ1v) is 7.26. The third kappa shape index (κ3) is 3.17. The Balaban J connectivity index is 2.12. The average molecular weight is 264 g/mol. The van der Waals surface area contributed by atoms with Gasteiger partial charge in [-0.15, -0.1) is 11.3 Å². The molecule has 98 valence electrons. The Hall–Kier alpha value is -1.20. The molecule has 1 atom stereocenters. The van der Waals surface area contributed by atoms with E-state index in [1.807, 2.05) is 24.2 Å². The summed E-state index contributed by atoms with van der Waals surface area (Å²) in [6.07, 6.45) is 2.06. The van der Waals surface area contributed by atoms with Crippen molar-refractivity contribution in [3.05, 3.63) is 34.0 Å². The quantitative estimate of drug-likeness (QED) is 0.871. The molecule has 4 nitrogen and oxygen atoms in total. The number of nitrogens with one attached hydrogen (secondary N) is 1. The highest BCUT2D eigenvalue weighted by Gasteiger charge is 2.15. The van der Waals surface area contributed by atoms with E-state index in [-0.39, 0.29) is 6.04 Å². The van der Waals surface area contributed by atoms with Crippen LogP contribution in [0.1, 0.15) is 36.5 Å². The van der Waals surface area contributed by atoms with Crippen LogP contribution in [-0.4, -0.2) is 21.3 Å². The van der Waals surface area contributed by atoms with Crippen LogP contribution in [-0.2, 0) is 13.5 Å². The van der Waals surface area contributed by atoms with Crippen LogP contribution in [0, 0.1) is 6.92 Å². The Kier molecular flexibility index (Phi) is 4.49. The van der Waals surface area contributed by atoms with Crippen LogP contribution in [0.5, 0.6) is 0 Å². The second-order valence-corrected chi connectivity index (χ2v) is 5.24. The molecular weight excluding hydrogens is 244 g/mol. The number of rotatable bonds is 6. The zero-order valence-electron chi connectivity index (χ0n) is 11.2. The molecule has 0 radical (unpaired) electrons. The molecule has 2 aromatic rings. The maximum absolute atomic E-state index is 4.43. The second-order valence-electron chi connectivity index (χ2n) is 4.52. The molecule has 0 aliphatic carbocycles.